The van der Waals surface area contributed by atoms with Crippen molar-refractivity contribution in [2.24, 2.45) is 0 Å². The number of rotatable bonds is 2. The summed E-state index contributed by atoms with van der Waals surface area (Å²) in [4.78, 5) is 0. The first kappa shape index (κ1) is 13.1. The number of aliphatic hydroxyl groups is 1. The van der Waals surface area contributed by atoms with Crippen molar-refractivity contribution in [2.45, 2.75) is 37.6 Å². The van der Waals surface area contributed by atoms with Gasteiger partial charge in [0.25, 0.3) is 0 Å². The van der Waals surface area contributed by atoms with Crippen LogP contribution in [-0.4, -0.2) is 17.3 Å². The molecule has 2 atom stereocenters. The van der Waals surface area contributed by atoms with E-state index in [0.717, 1.165) is 18.6 Å². The highest BCUT2D eigenvalue weighted by molar-refractivity contribution is 5.48. The Morgan fingerprint density at radius 1 is 1.22 bits per heavy atom. The van der Waals surface area contributed by atoms with Gasteiger partial charge in [0.2, 0.25) is 0 Å². The van der Waals surface area contributed by atoms with Gasteiger partial charge < -0.3 is 10.4 Å². The number of hydrogen-bond donors (Lipinski definition) is 2. The molecule has 1 fully saturated rings. The maximum absolute atomic E-state index is 13.1. The Balaban J connectivity index is 2.19. The Morgan fingerprint density at radius 2 is 1.94 bits per heavy atom. The molecule has 0 spiro atoms. The fourth-order valence-corrected chi connectivity index (χ4v) is 2.16. The van der Waals surface area contributed by atoms with Crippen molar-refractivity contribution in [1.29, 1.82) is 0 Å². The number of hydrogen-bond acceptors (Lipinski definition) is 2. The molecule has 0 heterocycles. The summed E-state index contributed by atoms with van der Waals surface area (Å²) in [5.41, 5.74) is -1.12. The average molecular weight is 263 g/mol. The SMILES string of the molecule is OC1CCCC1Nc1ccc(F)c(C(F)(F)F)c1. The van der Waals surface area contributed by atoms with Gasteiger partial charge in [0.15, 0.2) is 0 Å². The summed E-state index contributed by atoms with van der Waals surface area (Å²) in [5.74, 6) is -1.29. The van der Waals surface area contributed by atoms with Crippen LogP contribution >= 0.6 is 0 Å². The third-order valence-corrected chi connectivity index (χ3v) is 3.10. The van der Waals surface area contributed by atoms with E-state index in [2.05, 4.69) is 5.32 Å². The summed E-state index contributed by atoms with van der Waals surface area (Å²) in [7, 11) is 0. The van der Waals surface area contributed by atoms with Crippen LogP contribution in [-0.2, 0) is 6.18 Å². The van der Waals surface area contributed by atoms with Gasteiger partial charge in [-0.05, 0) is 37.5 Å². The van der Waals surface area contributed by atoms with Gasteiger partial charge in [-0.1, -0.05) is 0 Å². The van der Waals surface area contributed by atoms with Crippen LogP contribution in [0.2, 0.25) is 0 Å². The van der Waals surface area contributed by atoms with Crippen LogP contribution < -0.4 is 5.32 Å². The molecule has 2 nitrogen and oxygen atoms in total. The lowest BCUT2D eigenvalue weighted by atomic mass is 10.1. The van der Waals surface area contributed by atoms with E-state index in [1.807, 2.05) is 0 Å². The van der Waals surface area contributed by atoms with E-state index in [4.69, 9.17) is 0 Å². The molecule has 1 aromatic carbocycles. The molecule has 0 bridgehead atoms. The van der Waals surface area contributed by atoms with E-state index in [-0.39, 0.29) is 11.7 Å². The molecule has 1 aliphatic rings. The van der Waals surface area contributed by atoms with Crippen LogP contribution in [0, 0.1) is 5.82 Å². The van der Waals surface area contributed by atoms with Crippen LogP contribution in [0.3, 0.4) is 0 Å². The maximum atomic E-state index is 13.1. The third-order valence-electron chi connectivity index (χ3n) is 3.10. The summed E-state index contributed by atoms with van der Waals surface area (Å²) in [6.07, 6.45) is -3.13. The Kier molecular flexibility index (Phi) is 3.47. The molecule has 1 aliphatic carbocycles. The number of benzene rings is 1. The minimum atomic E-state index is -4.71. The summed E-state index contributed by atoms with van der Waals surface area (Å²) >= 11 is 0. The van der Waals surface area contributed by atoms with E-state index < -0.39 is 23.7 Å². The smallest absolute Gasteiger partial charge is 0.391 e. The quantitative estimate of drug-likeness (QED) is 0.803. The zero-order chi connectivity index (χ0) is 13.3. The molecule has 0 saturated heterocycles. The zero-order valence-electron chi connectivity index (χ0n) is 9.47. The second-order valence-electron chi connectivity index (χ2n) is 4.44. The molecular weight excluding hydrogens is 250 g/mol. The molecule has 1 saturated carbocycles. The van der Waals surface area contributed by atoms with Gasteiger partial charge in [-0.15, -0.1) is 0 Å². The molecule has 0 aliphatic heterocycles. The predicted molar refractivity (Wildman–Crippen MR) is 58.7 cm³/mol. The molecule has 0 radical (unpaired) electrons. The molecule has 2 N–H and O–H groups in total. The molecule has 18 heavy (non-hydrogen) atoms. The zero-order valence-corrected chi connectivity index (χ0v) is 9.47. The van der Waals surface area contributed by atoms with E-state index in [1.54, 1.807) is 0 Å². The van der Waals surface area contributed by atoms with Crippen molar-refractivity contribution in [3.63, 3.8) is 0 Å². The van der Waals surface area contributed by atoms with Gasteiger partial charge in [0, 0.05) is 5.69 Å². The van der Waals surface area contributed by atoms with Gasteiger partial charge in [0.05, 0.1) is 17.7 Å². The highest BCUT2D eigenvalue weighted by Gasteiger charge is 2.34. The van der Waals surface area contributed by atoms with Crippen molar-refractivity contribution in [3.8, 4) is 0 Å². The number of anilines is 1. The molecule has 100 valence electrons. The van der Waals surface area contributed by atoms with Crippen molar-refractivity contribution in [3.05, 3.63) is 29.6 Å². The molecular formula is C12H13F4NO. The normalized spacial score (nSPS) is 24.3. The Labute approximate surface area is 102 Å². The number of alkyl halides is 3. The van der Waals surface area contributed by atoms with E-state index in [0.29, 0.717) is 12.8 Å². The Hall–Kier alpha value is -1.30. The lowest BCUT2D eigenvalue weighted by molar-refractivity contribution is -0.139. The Bertz CT molecular complexity index is 433. The van der Waals surface area contributed by atoms with Crippen LogP contribution in [0.25, 0.3) is 0 Å². The van der Waals surface area contributed by atoms with Gasteiger partial charge in [-0.25, -0.2) is 4.39 Å². The minimum absolute atomic E-state index is 0.176. The van der Waals surface area contributed by atoms with Crippen molar-refractivity contribution in [1.82, 2.24) is 0 Å². The molecule has 0 amide bonds. The lowest BCUT2D eigenvalue weighted by Gasteiger charge is -2.19. The predicted octanol–water partition coefficient (Wildman–Crippen LogP) is 3.17. The maximum Gasteiger partial charge on any atom is 0.419 e. The second-order valence-corrected chi connectivity index (χ2v) is 4.44. The first-order valence-electron chi connectivity index (χ1n) is 5.69. The molecule has 6 heteroatoms. The Morgan fingerprint density at radius 3 is 2.50 bits per heavy atom. The van der Waals surface area contributed by atoms with E-state index in [9.17, 15) is 22.7 Å². The highest BCUT2D eigenvalue weighted by atomic mass is 19.4. The average Bonchev–Trinajstić information content (AvgIpc) is 2.66. The molecule has 0 aromatic heterocycles. The minimum Gasteiger partial charge on any atom is -0.391 e. The standard InChI is InChI=1S/C12H13F4NO/c13-9-5-4-7(6-8(9)12(14,15)16)17-10-2-1-3-11(10)18/h4-6,10-11,17-18H,1-3H2. The van der Waals surface area contributed by atoms with Gasteiger partial charge in [-0.2, -0.15) is 13.2 Å². The fraction of sp³-hybridized carbons (Fsp3) is 0.500. The third kappa shape index (κ3) is 2.75. The van der Waals surface area contributed by atoms with Gasteiger partial charge in [-0.3, -0.25) is 0 Å². The van der Waals surface area contributed by atoms with E-state index in [1.165, 1.54) is 6.07 Å². The molecule has 2 rings (SSSR count). The summed E-state index contributed by atoms with van der Waals surface area (Å²) in [6.45, 7) is 0. The largest absolute Gasteiger partial charge is 0.419 e. The first-order valence-corrected chi connectivity index (χ1v) is 5.69. The van der Waals surface area contributed by atoms with Crippen LogP contribution in [0.15, 0.2) is 18.2 Å². The summed E-state index contributed by atoms with van der Waals surface area (Å²) in [6, 6.07) is 2.50. The van der Waals surface area contributed by atoms with Gasteiger partial charge in [0.1, 0.15) is 5.82 Å². The monoisotopic (exact) mass is 263 g/mol. The fourth-order valence-electron chi connectivity index (χ4n) is 2.16. The summed E-state index contributed by atoms with van der Waals surface area (Å²) in [5, 5.41) is 12.4. The molecule has 1 aromatic rings. The number of nitrogens with one attached hydrogen (secondary N) is 1. The summed E-state index contributed by atoms with van der Waals surface area (Å²) < 4.78 is 50.6. The van der Waals surface area contributed by atoms with Crippen LogP contribution in [0.4, 0.5) is 23.2 Å². The van der Waals surface area contributed by atoms with Crippen molar-refractivity contribution < 1.29 is 22.7 Å². The van der Waals surface area contributed by atoms with E-state index >= 15 is 0 Å². The first-order chi connectivity index (χ1) is 8.38. The topological polar surface area (TPSA) is 32.3 Å². The number of aliphatic hydroxyl groups excluding tert-OH is 1. The highest BCUT2D eigenvalue weighted by Crippen LogP contribution is 2.33. The number of halogens is 4. The van der Waals surface area contributed by atoms with Crippen molar-refractivity contribution >= 4 is 5.69 Å². The van der Waals surface area contributed by atoms with Gasteiger partial charge >= 0.3 is 6.18 Å². The van der Waals surface area contributed by atoms with Crippen LogP contribution in [0.1, 0.15) is 24.8 Å². The van der Waals surface area contributed by atoms with Crippen molar-refractivity contribution in [2.75, 3.05) is 5.32 Å². The second kappa shape index (κ2) is 4.76. The molecule has 2 unspecified atom stereocenters. The lowest BCUT2D eigenvalue weighted by Crippen LogP contribution is -2.28. The van der Waals surface area contributed by atoms with Crippen LogP contribution in [0.5, 0.6) is 0 Å².